The summed E-state index contributed by atoms with van der Waals surface area (Å²) in [5.41, 5.74) is 6.46. The molecular formula is C39H32O2S. The normalized spacial score (nSPS) is 11.5. The minimum atomic E-state index is -2.55. The van der Waals surface area contributed by atoms with Crippen LogP contribution in [0.15, 0.2) is 178 Å². The van der Waals surface area contributed by atoms with Gasteiger partial charge in [-0.3, -0.25) is 4.79 Å². The smallest absolute Gasteiger partial charge is 0.316 e. The van der Waals surface area contributed by atoms with Gasteiger partial charge in [-0.2, -0.15) is 0 Å². The summed E-state index contributed by atoms with van der Waals surface area (Å²) in [5, 5.41) is 0. The molecule has 0 heterocycles. The Morgan fingerprint density at radius 3 is 1.24 bits per heavy atom. The molecule has 0 fully saturated rings. The highest BCUT2D eigenvalue weighted by Gasteiger charge is 2.40. The third kappa shape index (κ3) is 5.27. The minimum absolute atomic E-state index is 0.233. The van der Waals surface area contributed by atoms with E-state index in [0.717, 1.165) is 48.1 Å². The summed E-state index contributed by atoms with van der Waals surface area (Å²) in [6.07, 6.45) is 0.276. The van der Waals surface area contributed by atoms with Crippen LogP contribution in [0.3, 0.4) is 0 Å². The molecule has 0 aliphatic heterocycles. The molecule has 42 heavy (non-hydrogen) atoms. The fraction of sp³-hybridized carbons (Fsp3) is 0.0513. The lowest BCUT2D eigenvalue weighted by Crippen LogP contribution is -2.15. The molecular weight excluding hydrogens is 532 g/mol. The van der Waals surface area contributed by atoms with Gasteiger partial charge in [0.1, 0.15) is 0 Å². The molecule has 2 nitrogen and oxygen atoms in total. The second-order valence-corrected chi connectivity index (χ2v) is 12.6. The Morgan fingerprint density at radius 2 is 0.857 bits per heavy atom. The Kier molecular flexibility index (Phi) is 8.02. The van der Waals surface area contributed by atoms with Gasteiger partial charge >= 0.3 is 5.97 Å². The van der Waals surface area contributed by atoms with Gasteiger partial charge in [0, 0.05) is 21.1 Å². The van der Waals surface area contributed by atoms with Crippen LogP contribution in [0, 0.1) is 0 Å². The van der Waals surface area contributed by atoms with E-state index in [1.54, 1.807) is 0 Å². The van der Waals surface area contributed by atoms with Crippen molar-refractivity contribution in [2.24, 2.45) is 0 Å². The molecule has 0 N–H and O–H groups in total. The average molecular weight is 565 g/mol. The van der Waals surface area contributed by atoms with Crippen LogP contribution >= 0.6 is 10.3 Å². The second-order valence-electron chi connectivity index (χ2n) is 9.99. The van der Waals surface area contributed by atoms with E-state index in [-0.39, 0.29) is 12.4 Å². The molecule has 0 radical (unpaired) electrons. The maximum Gasteiger partial charge on any atom is 0.316 e. The Balaban J connectivity index is 1.83. The van der Waals surface area contributed by atoms with Gasteiger partial charge < -0.3 is 4.18 Å². The van der Waals surface area contributed by atoms with Crippen LogP contribution in [-0.4, -0.2) is 5.97 Å². The van der Waals surface area contributed by atoms with Crippen molar-refractivity contribution in [1.29, 1.82) is 0 Å². The van der Waals surface area contributed by atoms with Gasteiger partial charge in [0.15, 0.2) is 0 Å². The molecule has 0 bridgehead atoms. The summed E-state index contributed by atoms with van der Waals surface area (Å²) < 4.78 is 6.86. The van der Waals surface area contributed by atoms with Crippen LogP contribution in [0.25, 0.3) is 33.4 Å². The molecule has 0 aromatic heterocycles. The largest absolute Gasteiger partial charge is 0.402 e. The minimum Gasteiger partial charge on any atom is -0.402 e. The third-order valence-corrected chi connectivity index (χ3v) is 10.6. The van der Waals surface area contributed by atoms with Crippen molar-refractivity contribution in [1.82, 2.24) is 0 Å². The molecule has 3 heteroatoms. The Labute approximate surface area is 249 Å². The SMILES string of the molecule is CCC(=O)OS(c1ccccc1)(c1ccccc1)c1c(-c2ccccc2)cc(-c2ccccc2)cc1-c1ccccc1. The van der Waals surface area contributed by atoms with E-state index in [1.165, 1.54) is 0 Å². The van der Waals surface area contributed by atoms with Crippen LogP contribution in [0.1, 0.15) is 13.3 Å². The molecule has 0 spiro atoms. The van der Waals surface area contributed by atoms with E-state index < -0.39 is 10.3 Å². The van der Waals surface area contributed by atoms with Gasteiger partial charge in [0.2, 0.25) is 0 Å². The lowest BCUT2D eigenvalue weighted by Gasteiger charge is -2.42. The number of hydrogen-bond donors (Lipinski definition) is 0. The zero-order valence-corrected chi connectivity index (χ0v) is 24.3. The fourth-order valence-corrected chi connectivity index (χ4v) is 8.80. The van der Waals surface area contributed by atoms with Gasteiger partial charge in [0.25, 0.3) is 0 Å². The van der Waals surface area contributed by atoms with Crippen LogP contribution in [0.4, 0.5) is 0 Å². The first-order valence-electron chi connectivity index (χ1n) is 14.2. The lowest BCUT2D eigenvalue weighted by molar-refractivity contribution is -0.133. The zero-order valence-electron chi connectivity index (χ0n) is 23.5. The van der Waals surface area contributed by atoms with E-state index in [2.05, 4.69) is 109 Å². The number of benzene rings is 6. The van der Waals surface area contributed by atoms with Crippen molar-refractivity contribution >= 4 is 16.3 Å². The van der Waals surface area contributed by atoms with Crippen molar-refractivity contribution in [2.75, 3.05) is 0 Å². The molecule has 0 amide bonds. The summed E-state index contributed by atoms with van der Waals surface area (Å²) in [4.78, 5) is 16.5. The molecule has 0 aliphatic carbocycles. The predicted octanol–water partition coefficient (Wildman–Crippen LogP) is 10.8. The Morgan fingerprint density at radius 1 is 0.500 bits per heavy atom. The Bertz CT molecular complexity index is 1670. The second kappa shape index (κ2) is 12.3. The standard InChI is InChI=1S/C39H32O2S/c1-2-38(40)41-42(34-24-14-6-15-25-34,35-26-16-7-17-27-35)39-36(31-20-10-4-11-21-31)28-33(30-18-8-3-9-19-30)29-37(39)32-22-12-5-13-23-32/h3-29H,2H2,1H3. The van der Waals surface area contributed by atoms with E-state index in [1.807, 2.05) is 61.5 Å². The Hall–Kier alpha value is -4.86. The van der Waals surface area contributed by atoms with Gasteiger partial charge in [-0.1, -0.05) is 134 Å². The number of carbonyl (C=O) groups is 1. The first-order chi connectivity index (χ1) is 20.7. The molecule has 0 unspecified atom stereocenters. The van der Waals surface area contributed by atoms with Gasteiger partial charge in [-0.25, -0.2) is 0 Å². The summed E-state index contributed by atoms with van der Waals surface area (Å²) in [6.45, 7) is 1.86. The van der Waals surface area contributed by atoms with Crippen molar-refractivity contribution < 1.29 is 8.98 Å². The van der Waals surface area contributed by atoms with Gasteiger partial charge in [-0.05, 0) is 80.1 Å². The maximum atomic E-state index is 13.5. The summed E-state index contributed by atoms with van der Waals surface area (Å²) in [5.74, 6) is -0.233. The molecule has 6 aromatic carbocycles. The highest BCUT2D eigenvalue weighted by atomic mass is 32.3. The fourth-order valence-electron chi connectivity index (χ4n) is 5.33. The summed E-state index contributed by atoms with van der Waals surface area (Å²) in [6, 6.07) is 56.4. The van der Waals surface area contributed by atoms with E-state index in [0.29, 0.717) is 0 Å². The van der Waals surface area contributed by atoms with Crippen LogP contribution in [0.5, 0.6) is 0 Å². The van der Waals surface area contributed by atoms with E-state index >= 15 is 0 Å². The number of carbonyl (C=O) groups excluding carboxylic acids is 1. The topological polar surface area (TPSA) is 26.3 Å². The van der Waals surface area contributed by atoms with Gasteiger partial charge in [0.05, 0.1) is 0 Å². The zero-order chi connectivity index (χ0) is 28.8. The lowest BCUT2D eigenvalue weighted by atomic mass is 9.93. The van der Waals surface area contributed by atoms with Crippen LogP contribution in [-0.2, 0) is 8.98 Å². The number of rotatable bonds is 8. The van der Waals surface area contributed by atoms with Crippen molar-refractivity contribution in [3.63, 3.8) is 0 Å². The number of hydrogen-bond acceptors (Lipinski definition) is 2. The summed E-state index contributed by atoms with van der Waals surface area (Å²) in [7, 11) is -2.55. The van der Waals surface area contributed by atoms with E-state index in [9.17, 15) is 4.79 Å². The van der Waals surface area contributed by atoms with Crippen LogP contribution < -0.4 is 0 Å². The molecule has 0 saturated heterocycles. The van der Waals surface area contributed by atoms with E-state index in [4.69, 9.17) is 4.18 Å². The molecule has 0 saturated carbocycles. The monoisotopic (exact) mass is 564 g/mol. The average Bonchev–Trinajstić information content (AvgIpc) is 3.08. The quantitative estimate of drug-likeness (QED) is 0.184. The molecule has 6 rings (SSSR count). The highest BCUT2D eigenvalue weighted by Crippen LogP contribution is 2.73. The van der Waals surface area contributed by atoms with Crippen molar-refractivity contribution in [2.45, 2.75) is 28.0 Å². The highest BCUT2D eigenvalue weighted by molar-refractivity contribution is 8.30. The first kappa shape index (κ1) is 27.3. The molecule has 6 aromatic rings. The van der Waals surface area contributed by atoms with Gasteiger partial charge in [-0.15, -0.1) is 0 Å². The first-order valence-corrected chi connectivity index (χ1v) is 15.8. The molecule has 206 valence electrons. The summed E-state index contributed by atoms with van der Waals surface area (Å²) >= 11 is 0. The molecule has 0 aliphatic rings. The van der Waals surface area contributed by atoms with Crippen LogP contribution in [0.2, 0.25) is 0 Å². The predicted molar refractivity (Wildman–Crippen MR) is 174 cm³/mol. The van der Waals surface area contributed by atoms with Crippen molar-refractivity contribution in [3.8, 4) is 33.4 Å². The molecule has 0 atom stereocenters. The third-order valence-electron chi connectivity index (χ3n) is 7.31. The van der Waals surface area contributed by atoms with Crippen molar-refractivity contribution in [3.05, 3.63) is 164 Å². The maximum absolute atomic E-state index is 13.5.